The first-order valence-corrected chi connectivity index (χ1v) is 6.97. The molecule has 120 valence electrons. The van der Waals surface area contributed by atoms with Crippen LogP contribution in [-0.2, 0) is 14.4 Å². The van der Waals surface area contributed by atoms with Crippen LogP contribution in [0.15, 0.2) is 23.4 Å². The van der Waals surface area contributed by atoms with Crippen molar-refractivity contribution in [2.24, 2.45) is 5.16 Å². The molecule has 0 N–H and O–H groups in total. The third-order valence-electron chi connectivity index (χ3n) is 3.26. The molecule has 1 aliphatic heterocycles. The molecule has 1 heterocycles. The maximum Gasteiger partial charge on any atom is 0.263 e. The zero-order valence-electron chi connectivity index (χ0n) is 12.8. The zero-order valence-corrected chi connectivity index (χ0v) is 12.8. The van der Waals surface area contributed by atoms with Gasteiger partial charge in [0.05, 0.1) is 33.6 Å². The van der Waals surface area contributed by atoms with Gasteiger partial charge in [-0.05, 0) is 18.2 Å². The summed E-state index contributed by atoms with van der Waals surface area (Å²) in [5, 5.41) is 3.82. The Balaban J connectivity index is 1.87. The first-order valence-electron chi connectivity index (χ1n) is 6.97. The second-order valence-electron chi connectivity index (χ2n) is 4.61. The molecule has 7 heteroatoms. The number of methoxy groups -OCH3 is 2. The summed E-state index contributed by atoms with van der Waals surface area (Å²) in [5.41, 5.74) is 0.709. The van der Waals surface area contributed by atoms with Gasteiger partial charge in [0.15, 0.2) is 6.61 Å². The van der Waals surface area contributed by atoms with Crippen molar-refractivity contribution in [1.82, 2.24) is 4.90 Å². The largest absolute Gasteiger partial charge is 0.497 e. The third-order valence-corrected chi connectivity index (χ3v) is 3.26. The van der Waals surface area contributed by atoms with Gasteiger partial charge in [0.2, 0.25) is 0 Å². The van der Waals surface area contributed by atoms with Gasteiger partial charge in [0, 0.05) is 18.7 Å². The van der Waals surface area contributed by atoms with Crippen LogP contribution in [0, 0.1) is 0 Å². The lowest BCUT2D eigenvalue weighted by Gasteiger charge is -2.26. The smallest absolute Gasteiger partial charge is 0.263 e. The molecule has 22 heavy (non-hydrogen) atoms. The number of hydrogen-bond acceptors (Lipinski definition) is 6. The minimum atomic E-state index is -0.0990. The molecule has 1 amide bonds. The lowest BCUT2D eigenvalue weighted by molar-refractivity contribution is -0.140. The van der Waals surface area contributed by atoms with Gasteiger partial charge in [-0.2, -0.15) is 0 Å². The molecule has 7 nitrogen and oxygen atoms in total. The number of amides is 1. The maximum atomic E-state index is 11.9. The molecule has 1 fully saturated rings. The van der Waals surface area contributed by atoms with Crippen LogP contribution >= 0.6 is 0 Å². The van der Waals surface area contributed by atoms with E-state index in [2.05, 4.69) is 5.16 Å². The Hall–Kier alpha value is -2.28. The van der Waals surface area contributed by atoms with E-state index in [-0.39, 0.29) is 12.5 Å². The number of benzene rings is 1. The van der Waals surface area contributed by atoms with Crippen LogP contribution in [0.4, 0.5) is 0 Å². The Labute approximate surface area is 129 Å². The number of hydrogen-bond donors (Lipinski definition) is 0. The second kappa shape index (κ2) is 8.23. The van der Waals surface area contributed by atoms with Crippen molar-refractivity contribution in [3.05, 3.63) is 23.8 Å². The molecule has 0 radical (unpaired) electrons. The highest BCUT2D eigenvalue weighted by atomic mass is 16.6. The third kappa shape index (κ3) is 4.36. The molecule has 0 atom stereocenters. The van der Waals surface area contributed by atoms with Crippen LogP contribution in [0.25, 0.3) is 0 Å². The SMILES string of the molecule is COc1ccc(OC)c(/C=N\OCC(=O)N2CCOCC2)c1. The van der Waals surface area contributed by atoms with Crippen LogP contribution in [0.3, 0.4) is 0 Å². The first-order chi connectivity index (χ1) is 10.7. The van der Waals surface area contributed by atoms with E-state index in [1.54, 1.807) is 37.3 Å². The molecule has 1 aromatic rings. The highest BCUT2D eigenvalue weighted by Gasteiger charge is 2.16. The number of carbonyl (C=O) groups excluding carboxylic acids is 1. The molecular weight excluding hydrogens is 288 g/mol. The molecule has 0 aliphatic carbocycles. The van der Waals surface area contributed by atoms with Crippen LogP contribution < -0.4 is 9.47 Å². The normalized spacial score (nSPS) is 14.9. The fourth-order valence-corrected chi connectivity index (χ4v) is 2.03. The first kappa shape index (κ1) is 16.1. The van der Waals surface area contributed by atoms with E-state index in [0.717, 1.165) is 0 Å². The van der Waals surface area contributed by atoms with Gasteiger partial charge in [-0.25, -0.2) is 0 Å². The molecule has 0 bridgehead atoms. The van der Waals surface area contributed by atoms with E-state index in [9.17, 15) is 4.79 Å². The molecule has 2 rings (SSSR count). The number of rotatable bonds is 6. The quantitative estimate of drug-likeness (QED) is 0.577. The minimum Gasteiger partial charge on any atom is -0.497 e. The van der Waals surface area contributed by atoms with Crippen LogP contribution in [0.2, 0.25) is 0 Å². The number of morpholine rings is 1. The topological polar surface area (TPSA) is 69.6 Å². The van der Waals surface area contributed by atoms with Crippen molar-refractivity contribution in [3.63, 3.8) is 0 Å². The summed E-state index contributed by atoms with van der Waals surface area (Å²) >= 11 is 0. The van der Waals surface area contributed by atoms with Crippen LogP contribution in [0.1, 0.15) is 5.56 Å². The summed E-state index contributed by atoms with van der Waals surface area (Å²) in [6.07, 6.45) is 1.49. The summed E-state index contributed by atoms with van der Waals surface area (Å²) in [6, 6.07) is 5.34. The van der Waals surface area contributed by atoms with E-state index < -0.39 is 0 Å². The van der Waals surface area contributed by atoms with Crippen molar-refractivity contribution >= 4 is 12.1 Å². The Morgan fingerprint density at radius 3 is 2.77 bits per heavy atom. The fraction of sp³-hybridized carbons (Fsp3) is 0.467. The molecule has 1 aliphatic rings. The Bertz CT molecular complexity index is 527. The number of ether oxygens (including phenoxy) is 3. The summed E-state index contributed by atoms with van der Waals surface area (Å²) in [4.78, 5) is 18.6. The van der Waals surface area contributed by atoms with Gasteiger partial charge >= 0.3 is 0 Å². The van der Waals surface area contributed by atoms with Crippen LogP contribution in [0.5, 0.6) is 11.5 Å². The van der Waals surface area contributed by atoms with E-state index in [4.69, 9.17) is 19.0 Å². The van der Waals surface area contributed by atoms with Crippen molar-refractivity contribution < 1.29 is 23.8 Å². The van der Waals surface area contributed by atoms with E-state index in [1.165, 1.54) is 6.21 Å². The molecule has 0 unspecified atom stereocenters. The van der Waals surface area contributed by atoms with Crippen molar-refractivity contribution in [1.29, 1.82) is 0 Å². The lowest BCUT2D eigenvalue weighted by atomic mass is 10.2. The average Bonchev–Trinajstić information content (AvgIpc) is 2.59. The molecule has 1 saturated heterocycles. The van der Waals surface area contributed by atoms with Gasteiger partial charge in [0.1, 0.15) is 11.5 Å². The zero-order chi connectivity index (χ0) is 15.8. The number of carbonyl (C=O) groups is 1. The average molecular weight is 308 g/mol. The lowest BCUT2D eigenvalue weighted by Crippen LogP contribution is -2.42. The van der Waals surface area contributed by atoms with Crippen LogP contribution in [-0.4, -0.2) is 64.2 Å². The minimum absolute atomic E-state index is 0.0945. The maximum absolute atomic E-state index is 11.9. The summed E-state index contributed by atoms with van der Waals surface area (Å²) < 4.78 is 15.6. The van der Waals surface area contributed by atoms with Crippen molar-refractivity contribution in [2.75, 3.05) is 47.1 Å². The number of nitrogens with zero attached hydrogens (tertiary/aromatic N) is 2. The highest BCUT2D eigenvalue weighted by molar-refractivity contribution is 5.84. The van der Waals surface area contributed by atoms with E-state index in [0.29, 0.717) is 43.4 Å². The molecule has 0 spiro atoms. The Morgan fingerprint density at radius 2 is 2.09 bits per heavy atom. The predicted molar refractivity (Wildman–Crippen MR) is 80.5 cm³/mol. The van der Waals surface area contributed by atoms with E-state index in [1.807, 2.05) is 0 Å². The van der Waals surface area contributed by atoms with Gasteiger partial charge in [0.25, 0.3) is 5.91 Å². The van der Waals surface area contributed by atoms with Gasteiger partial charge in [-0.1, -0.05) is 5.16 Å². The van der Waals surface area contributed by atoms with E-state index >= 15 is 0 Å². The Morgan fingerprint density at radius 1 is 1.32 bits per heavy atom. The predicted octanol–water partition coefficient (Wildman–Crippen LogP) is 0.913. The van der Waals surface area contributed by atoms with Gasteiger partial charge in [-0.15, -0.1) is 0 Å². The summed E-state index contributed by atoms with van der Waals surface area (Å²) in [7, 11) is 3.15. The van der Waals surface area contributed by atoms with Gasteiger partial charge < -0.3 is 23.9 Å². The molecule has 1 aromatic carbocycles. The molecular formula is C15H20N2O5. The monoisotopic (exact) mass is 308 g/mol. The van der Waals surface area contributed by atoms with Crippen molar-refractivity contribution in [2.45, 2.75) is 0 Å². The second-order valence-corrected chi connectivity index (χ2v) is 4.61. The van der Waals surface area contributed by atoms with Gasteiger partial charge in [-0.3, -0.25) is 4.79 Å². The van der Waals surface area contributed by atoms with Crippen molar-refractivity contribution in [3.8, 4) is 11.5 Å². The fourth-order valence-electron chi connectivity index (χ4n) is 2.03. The Kier molecular flexibility index (Phi) is 6.02. The molecule has 0 saturated carbocycles. The summed E-state index contributed by atoms with van der Waals surface area (Å²) in [5.74, 6) is 1.23. The molecule has 0 aromatic heterocycles. The number of oxime groups is 1. The standard InChI is InChI=1S/C15H20N2O5/c1-19-13-3-4-14(20-2)12(9-13)10-16-22-11-15(18)17-5-7-21-8-6-17/h3-4,9-10H,5-8,11H2,1-2H3/b16-10-. The highest BCUT2D eigenvalue weighted by Crippen LogP contribution is 2.22. The summed E-state index contributed by atoms with van der Waals surface area (Å²) in [6.45, 7) is 2.22.